The second-order valence-electron chi connectivity index (χ2n) is 3.46. The Morgan fingerprint density at radius 3 is 2.00 bits per heavy atom. The standard InChI is InChI=1S/C8H11F3O2/c1-5(6(12)13)7(2,3)4-8(9,10)11/h1,4H2,2-3H3,(H,12,13). The van der Waals surface area contributed by atoms with Crippen LogP contribution in [0.3, 0.4) is 0 Å². The smallest absolute Gasteiger partial charge is 0.389 e. The lowest BCUT2D eigenvalue weighted by Gasteiger charge is -2.25. The zero-order valence-electron chi connectivity index (χ0n) is 7.40. The summed E-state index contributed by atoms with van der Waals surface area (Å²) in [7, 11) is 0. The van der Waals surface area contributed by atoms with Crippen LogP contribution >= 0.6 is 0 Å². The molecule has 0 aromatic carbocycles. The molecule has 0 heterocycles. The summed E-state index contributed by atoms with van der Waals surface area (Å²) in [5.41, 5.74) is -1.88. The number of hydrogen-bond donors (Lipinski definition) is 1. The van der Waals surface area contributed by atoms with Gasteiger partial charge in [0.2, 0.25) is 0 Å². The largest absolute Gasteiger partial charge is 0.478 e. The molecule has 76 valence electrons. The van der Waals surface area contributed by atoms with Crippen LogP contribution in [0.4, 0.5) is 13.2 Å². The third-order valence-electron chi connectivity index (χ3n) is 1.72. The maximum Gasteiger partial charge on any atom is 0.389 e. The molecule has 5 heteroatoms. The van der Waals surface area contributed by atoms with Crippen LogP contribution in [-0.2, 0) is 4.79 Å². The van der Waals surface area contributed by atoms with Crippen molar-refractivity contribution in [3.8, 4) is 0 Å². The highest BCUT2D eigenvalue weighted by Gasteiger charge is 2.39. The summed E-state index contributed by atoms with van der Waals surface area (Å²) in [5.74, 6) is -1.39. The van der Waals surface area contributed by atoms with E-state index < -0.39 is 29.6 Å². The minimum atomic E-state index is -4.37. The summed E-state index contributed by atoms with van der Waals surface area (Å²) < 4.78 is 35.8. The van der Waals surface area contributed by atoms with Gasteiger partial charge in [0.05, 0.1) is 6.42 Å². The lowest BCUT2D eigenvalue weighted by molar-refractivity contribution is -0.153. The molecule has 0 unspecified atom stereocenters. The highest BCUT2D eigenvalue weighted by molar-refractivity contribution is 5.87. The van der Waals surface area contributed by atoms with Crippen LogP contribution in [0.5, 0.6) is 0 Å². The lowest BCUT2D eigenvalue weighted by Crippen LogP contribution is -2.27. The summed E-state index contributed by atoms with van der Waals surface area (Å²) in [6.45, 7) is 5.52. The fourth-order valence-electron chi connectivity index (χ4n) is 0.897. The molecular weight excluding hydrogens is 185 g/mol. The van der Waals surface area contributed by atoms with Crippen LogP contribution in [-0.4, -0.2) is 17.3 Å². The van der Waals surface area contributed by atoms with Gasteiger partial charge in [-0.1, -0.05) is 20.4 Å². The first kappa shape index (κ1) is 12.0. The number of carbonyl (C=O) groups is 1. The van der Waals surface area contributed by atoms with Gasteiger partial charge in [-0.25, -0.2) is 4.79 Å². The van der Waals surface area contributed by atoms with Crippen molar-refractivity contribution in [1.82, 2.24) is 0 Å². The Morgan fingerprint density at radius 2 is 1.77 bits per heavy atom. The Bertz CT molecular complexity index is 228. The van der Waals surface area contributed by atoms with Gasteiger partial charge in [-0.05, 0) is 0 Å². The summed E-state index contributed by atoms with van der Waals surface area (Å²) in [6.07, 6.45) is -5.55. The molecule has 0 amide bonds. The molecule has 13 heavy (non-hydrogen) atoms. The van der Waals surface area contributed by atoms with Crippen molar-refractivity contribution in [2.24, 2.45) is 5.41 Å². The Hall–Kier alpha value is -1.00. The molecule has 0 saturated carbocycles. The lowest BCUT2D eigenvalue weighted by atomic mass is 9.82. The molecule has 0 saturated heterocycles. The van der Waals surface area contributed by atoms with E-state index in [4.69, 9.17) is 5.11 Å². The third-order valence-corrected chi connectivity index (χ3v) is 1.72. The van der Waals surface area contributed by atoms with Gasteiger partial charge in [-0.3, -0.25) is 0 Å². The molecule has 0 atom stereocenters. The fourth-order valence-corrected chi connectivity index (χ4v) is 0.897. The van der Waals surface area contributed by atoms with Gasteiger partial charge in [0.15, 0.2) is 0 Å². The van der Waals surface area contributed by atoms with Gasteiger partial charge in [0, 0.05) is 11.0 Å². The molecule has 0 aliphatic rings. The van der Waals surface area contributed by atoms with E-state index in [1.165, 1.54) is 13.8 Å². The first-order valence-electron chi connectivity index (χ1n) is 3.56. The average molecular weight is 196 g/mol. The van der Waals surface area contributed by atoms with Crippen LogP contribution in [0.1, 0.15) is 20.3 Å². The quantitative estimate of drug-likeness (QED) is 0.704. The van der Waals surface area contributed by atoms with Crippen molar-refractivity contribution in [1.29, 1.82) is 0 Å². The number of rotatable bonds is 3. The van der Waals surface area contributed by atoms with E-state index in [9.17, 15) is 18.0 Å². The predicted molar refractivity (Wildman–Crippen MR) is 41.2 cm³/mol. The van der Waals surface area contributed by atoms with Gasteiger partial charge in [0.25, 0.3) is 0 Å². The normalized spacial score (nSPS) is 12.7. The van der Waals surface area contributed by atoms with Crippen LogP contribution in [0, 0.1) is 5.41 Å². The Labute approximate surface area is 74.1 Å². The van der Waals surface area contributed by atoms with Crippen LogP contribution in [0.25, 0.3) is 0 Å². The molecule has 0 bridgehead atoms. The first-order chi connectivity index (χ1) is 5.56. The van der Waals surface area contributed by atoms with Crippen molar-refractivity contribution < 1.29 is 23.1 Å². The van der Waals surface area contributed by atoms with E-state index in [0.717, 1.165) is 0 Å². The molecular formula is C8H11F3O2. The van der Waals surface area contributed by atoms with Crippen molar-refractivity contribution >= 4 is 5.97 Å². The summed E-state index contributed by atoms with van der Waals surface area (Å²) >= 11 is 0. The Morgan fingerprint density at radius 1 is 1.38 bits per heavy atom. The fraction of sp³-hybridized carbons (Fsp3) is 0.625. The maximum absolute atomic E-state index is 11.9. The second-order valence-corrected chi connectivity index (χ2v) is 3.46. The topological polar surface area (TPSA) is 37.3 Å². The Balaban J connectivity index is 4.59. The second kappa shape index (κ2) is 3.40. The van der Waals surface area contributed by atoms with Gasteiger partial charge in [0.1, 0.15) is 0 Å². The third kappa shape index (κ3) is 3.96. The van der Waals surface area contributed by atoms with E-state index in [0.29, 0.717) is 0 Å². The van der Waals surface area contributed by atoms with E-state index in [1.807, 2.05) is 0 Å². The van der Waals surface area contributed by atoms with Gasteiger partial charge in [-0.2, -0.15) is 13.2 Å². The molecule has 0 aliphatic heterocycles. The van der Waals surface area contributed by atoms with Crippen molar-refractivity contribution in [2.45, 2.75) is 26.4 Å². The van der Waals surface area contributed by atoms with Crippen molar-refractivity contribution in [2.75, 3.05) is 0 Å². The number of hydrogen-bond acceptors (Lipinski definition) is 1. The average Bonchev–Trinajstić information content (AvgIpc) is 1.80. The van der Waals surface area contributed by atoms with E-state index in [-0.39, 0.29) is 0 Å². The monoisotopic (exact) mass is 196 g/mol. The molecule has 0 aromatic rings. The van der Waals surface area contributed by atoms with Gasteiger partial charge >= 0.3 is 12.1 Å². The number of alkyl halides is 3. The van der Waals surface area contributed by atoms with Crippen LogP contribution < -0.4 is 0 Å². The summed E-state index contributed by atoms with van der Waals surface area (Å²) in [6, 6.07) is 0. The molecule has 2 nitrogen and oxygen atoms in total. The van der Waals surface area contributed by atoms with E-state index in [1.54, 1.807) is 0 Å². The minimum absolute atomic E-state index is 0.426. The number of halogens is 3. The molecule has 0 spiro atoms. The number of aliphatic carboxylic acids is 1. The SMILES string of the molecule is C=C(C(=O)O)C(C)(C)CC(F)(F)F. The maximum atomic E-state index is 11.9. The van der Waals surface area contributed by atoms with E-state index in [2.05, 4.69) is 6.58 Å². The van der Waals surface area contributed by atoms with Crippen molar-refractivity contribution in [3.05, 3.63) is 12.2 Å². The molecule has 0 aromatic heterocycles. The number of carboxylic acids is 1. The van der Waals surface area contributed by atoms with Gasteiger partial charge < -0.3 is 5.11 Å². The zero-order valence-corrected chi connectivity index (χ0v) is 7.40. The molecule has 0 fully saturated rings. The van der Waals surface area contributed by atoms with Gasteiger partial charge in [-0.15, -0.1) is 0 Å². The van der Waals surface area contributed by atoms with E-state index >= 15 is 0 Å². The molecule has 1 N–H and O–H groups in total. The van der Waals surface area contributed by atoms with Crippen LogP contribution in [0.2, 0.25) is 0 Å². The molecule has 0 aliphatic carbocycles. The molecule has 0 rings (SSSR count). The Kier molecular flexibility index (Phi) is 3.13. The minimum Gasteiger partial charge on any atom is -0.478 e. The van der Waals surface area contributed by atoms with Crippen LogP contribution in [0.15, 0.2) is 12.2 Å². The highest BCUT2D eigenvalue weighted by Crippen LogP contribution is 2.37. The highest BCUT2D eigenvalue weighted by atomic mass is 19.4. The summed E-state index contributed by atoms with van der Waals surface area (Å²) in [5, 5.41) is 8.45. The van der Waals surface area contributed by atoms with Crippen molar-refractivity contribution in [3.63, 3.8) is 0 Å². The number of carboxylic acid groups (broad SMARTS) is 1. The first-order valence-corrected chi connectivity index (χ1v) is 3.56. The zero-order chi connectivity index (χ0) is 10.9. The predicted octanol–water partition coefficient (Wildman–Crippen LogP) is 2.61. The summed E-state index contributed by atoms with van der Waals surface area (Å²) in [4.78, 5) is 10.4. The molecule has 0 radical (unpaired) electrons.